The van der Waals surface area contributed by atoms with Crippen molar-refractivity contribution in [3.8, 4) is 33.6 Å². The quantitative estimate of drug-likeness (QED) is 0.107. The van der Waals surface area contributed by atoms with E-state index >= 15 is 0 Å². The molecule has 0 amide bonds. The molecule has 0 fully saturated rings. The maximum atomic E-state index is 2.49. The predicted molar refractivity (Wildman–Crippen MR) is 270 cm³/mol. The van der Waals surface area contributed by atoms with E-state index in [1.807, 2.05) is 0 Å². The number of benzene rings is 10. The van der Waals surface area contributed by atoms with Crippen LogP contribution in [0.2, 0.25) is 0 Å². The number of rotatable bonds is 8. The number of nitrogens with zero attached hydrogens (tertiary/aromatic N) is 2. The minimum absolute atomic E-state index is 1.13. The molecule has 0 atom stereocenters. The normalized spacial score (nSPS) is 11.8. The second-order valence-electron chi connectivity index (χ2n) is 16.5. The Hall–Kier alpha value is -7.98. The van der Waals surface area contributed by atoms with Crippen molar-refractivity contribution >= 4 is 72.4 Å². The molecule has 0 spiro atoms. The summed E-state index contributed by atoms with van der Waals surface area (Å²) in [6.07, 6.45) is 0. The van der Waals surface area contributed by atoms with Crippen LogP contribution in [0.5, 0.6) is 0 Å². The van der Waals surface area contributed by atoms with Crippen LogP contribution < -0.4 is 20.7 Å². The summed E-state index contributed by atoms with van der Waals surface area (Å²) in [5.41, 5.74) is 11.9. The molecule has 0 unspecified atom stereocenters. The van der Waals surface area contributed by atoms with Crippen LogP contribution in [0.3, 0.4) is 0 Å². The van der Waals surface area contributed by atoms with Gasteiger partial charge in [-0.1, -0.05) is 206 Å². The van der Waals surface area contributed by atoms with Crippen molar-refractivity contribution < 1.29 is 0 Å². The van der Waals surface area contributed by atoms with Crippen LogP contribution in [0.1, 0.15) is 0 Å². The monoisotopic (exact) mass is 818 g/mol. The van der Waals surface area contributed by atoms with Crippen LogP contribution in [-0.2, 0) is 0 Å². The fourth-order valence-corrected chi connectivity index (χ4v) is 15.1. The van der Waals surface area contributed by atoms with Gasteiger partial charge in [-0.25, -0.2) is 0 Å². The molecule has 296 valence electrons. The van der Waals surface area contributed by atoms with E-state index in [0.29, 0.717) is 0 Å². The number of fused-ring (bicyclic) bond motifs is 6. The van der Waals surface area contributed by atoms with Gasteiger partial charge in [0.2, 0.25) is 0 Å². The average Bonchev–Trinajstić information content (AvgIpc) is 3.88. The van der Waals surface area contributed by atoms with Gasteiger partial charge >= 0.3 is 0 Å². The van der Waals surface area contributed by atoms with Gasteiger partial charge in [-0.05, 0) is 91.5 Å². The second-order valence-corrected chi connectivity index (χ2v) is 20.3. The first-order valence-electron chi connectivity index (χ1n) is 21.8. The second kappa shape index (κ2) is 15.2. The molecule has 0 bridgehead atoms. The SMILES string of the molecule is c1ccc(-c2cccc(-c3cccc4c3c3ccccc3n4-c3ccc4c5ccccc5n(-c5cccc([Si](c6ccccc6)(c6ccccc6)c6ccccc6)c5)c4c3)c2)cc1. The highest BCUT2D eigenvalue weighted by molar-refractivity contribution is 7.19. The van der Waals surface area contributed by atoms with Crippen molar-refractivity contribution in [3.63, 3.8) is 0 Å². The van der Waals surface area contributed by atoms with E-state index in [0.717, 1.165) is 11.4 Å². The van der Waals surface area contributed by atoms with Crippen LogP contribution in [0.4, 0.5) is 0 Å². The summed E-state index contributed by atoms with van der Waals surface area (Å²) >= 11 is 0. The maximum absolute atomic E-state index is 2.77. The van der Waals surface area contributed by atoms with E-state index < -0.39 is 8.07 Å². The Morgan fingerprint density at radius 2 is 0.714 bits per heavy atom. The highest BCUT2D eigenvalue weighted by Crippen LogP contribution is 2.41. The van der Waals surface area contributed by atoms with E-state index in [1.54, 1.807) is 0 Å². The fraction of sp³-hybridized carbons (Fsp3) is 0. The molecule has 12 rings (SSSR count). The number of aromatic nitrogens is 2. The Labute approximate surface area is 368 Å². The lowest BCUT2D eigenvalue weighted by Gasteiger charge is -2.34. The lowest BCUT2D eigenvalue weighted by molar-refractivity contribution is 1.16. The van der Waals surface area contributed by atoms with Crippen molar-refractivity contribution in [2.75, 3.05) is 0 Å². The van der Waals surface area contributed by atoms with Gasteiger partial charge in [-0.2, -0.15) is 0 Å². The molecule has 0 saturated carbocycles. The molecule has 12 aromatic rings. The summed E-state index contributed by atoms with van der Waals surface area (Å²) in [7, 11) is -2.77. The summed E-state index contributed by atoms with van der Waals surface area (Å²) in [6.45, 7) is 0. The molecule has 0 aliphatic carbocycles. The largest absolute Gasteiger partial charge is 0.309 e. The Balaban J connectivity index is 1.09. The van der Waals surface area contributed by atoms with Crippen molar-refractivity contribution in [3.05, 3.63) is 255 Å². The first-order valence-corrected chi connectivity index (χ1v) is 23.8. The molecule has 0 aliphatic heterocycles. The van der Waals surface area contributed by atoms with Gasteiger partial charge in [0.15, 0.2) is 8.07 Å². The standard InChI is InChI=1S/C60H42N2Si/c1-5-20-43(21-6-1)44-22-17-23-45(40-44)52-34-19-37-58-60(52)55-33-14-16-36-57(55)61(58)47-38-39-54-53-32-13-15-35-56(53)62(59(54)42-47)46-24-18-31-51(41-46)63(48-25-7-2-8-26-48,49-27-9-3-10-28-49)50-29-11-4-12-30-50/h1-42H. The molecule has 10 aromatic carbocycles. The molecule has 2 nitrogen and oxygen atoms in total. The topological polar surface area (TPSA) is 9.86 Å². The van der Waals surface area contributed by atoms with Crippen LogP contribution in [0.25, 0.3) is 77.2 Å². The summed E-state index contributed by atoms with van der Waals surface area (Å²) < 4.78 is 4.96. The Bertz CT molecular complexity index is 3510. The van der Waals surface area contributed by atoms with Crippen LogP contribution >= 0.6 is 0 Å². The number of para-hydroxylation sites is 2. The fourth-order valence-electron chi connectivity index (χ4n) is 10.4. The van der Waals surface area contributed by atoms with E-state index in [4.69, 9.17) is 0 Å². The third-order valence-corrected chi connectivity index (χ3v) is 17.8. The molecule has 0 radical (unpaired) electrons. The zero-order valence-corrected chi connectivity index (χ0v) is 35.6. The van der Waals surface area contributed by atoms with E-state index in [9.17, 15) is 0 Å². The van der Waals surface area contributed by atoms with Gasteiger partial charge in [-0.3, -0.25) is 0 Å². The minimum atomic E-state index is -2.77. The van der Waals surface area contributed by atoms with Crippen LogP contribution in [0.15, 0.2) is 255 Å². The van der Waals surface area contributed by atoms with Gasteiger partial charge in [-0.15, -0.1) is 0 Å². The van der Waals surface area contributed by atoms with Crippen LogP contribution in [-0.4, -0.2) is 17.2 Å². The summed E-state index contributed by atoms with van der Waals surface area (Å²) in [5, 5.41) is 10.4. The zero-order valence-electron chi connectivity index (χ0n) is 34.6. The van der Waals surface area contributed by atoms with Gasteiger partial charge < -0.3 is 9.13 Å². The first kappa shape index (κ1) is 36.8. The Morgan fingerprint density at radius 1 is 0.254 bits per heavy atom. The number of hydrogen-bond acceptors (Lipinski definition) is 0. The number of hydrogen-bond donors (Lipinski definition) is 0. The minimum Gasteiger partial charge on any atom is -0.309 e. The molecule has 63 heavy (non-hydrogen) atoms. The van der Waals surface area contributed by atoms with Crippen molar-refractivity contribution in [2.24, 2.45) is 0 Å². The predicted octanol–water partition coefficient (Wildman–Crippen LogP) is 12.6. The summed E-state index contributed by atoms with van der Waals surface area (Å²) in [6, 6.07) is 94.2. The molecular formula is C60H42N2Si. The van der Waals surface area contributed by atoms with Gasteiger partial charge in [0.25, 0.3) is 0 Å². The maximum Gasteiger partial charge on any atom is 0.179 e. The molecule has 2 heterocycles. The van der Waals surface area contributed by atoms with Gasteiger partial charge in [0.1, 0.15) is 0 Å². The summed E-state index contributed by atoms with van der Waals surface area (Å²) in [4.78, 5) is 0. The van der Waals surface area contributed by atoms with E-state index in [1.165, 1.54) is 86.6 Å². The highest BCUT2D eigenvalue weighted by Gasteiger charge is 2.41. The van der Waals surface area contributed by atoms with E-state index in [2.05, 4.69) is 264 Å². The van der Waals surface area contributed by atoms with Gasteiger partial charge in [0.05, 0.1) is 22.1 Å². The van der Waals surface area contributed by atoms with Crippen molar-refractivity contribution in [1.29, 1.82) is 0 Å². The molecule has 2 aromatic heterocycles. The van der Waals surface area contributed by atoms with Crippen molar-refractivity contribution in [2.45, 2.75) is 0 Å². The lowest BCUT2D eigenvalue weighted by Crippen LogP contribution is -2.74. The molecular weight excluding hydrogens is 777 g/mol. The highest BCUT2D eigenvalue weighted by atomic mass is 28.3. The average molecular weight is 819 g/mol. The lowest BCUT2D eigenvalue weighted by atomic mass is 9.96. The third-order valence-electron chi connectivity index (χ3n) is 13.1. The summed E-state index contributed by atoms with van der Waals surface area (Å²) in [5.74, 6) is 0. The first-order chi connectivity index (χ1) is 31.3. The smallest absolute Gasteiger partial charge is 0.179 e. The molecule has 3 heteroatoms. The van der Waals surface area contributed by atoms with Gasteiger partial charge in [0, 0.05) is 32.9 Å². The Morgan fingerprint density at radius 3 is 1.40 bits per heavy atom. The zero-order chi connectivity index (χ0) is 41.7. The molecule has 0 aliphatic rings. The third kappa shape index (κ3) is 5.93. The molecule has 0 saturated heterocycles. The molecule has 0 N–H and O–H groups in total. The Kier molecular flexibility index (Phi) is 8.87. The van der Waals surface area contributed by atoms with E-state index in [-0.39, 0.29) is 0 Å². The van der Waals surface area contributed by atoms with Crippen molar-refractivity contribution in [1.82, 2.24) is 9.13 Å². The van der Waals surface area contributed by atoms with Crippen LogP contribution in [0, 0.1) is 0 Å².